The summed E-state index contributed by atoms with van der Waals surface area (Å²) in [6, 6.07) is 0.569. The first-order chi connectivity index (χ1) is 7.65. The van der Waals surface area contributed by atoms with Crippen LogP contribution in [0, 0.1) is 5.92 Å². The van der Waals surface area contributed by atoms with Gasteiger partial charge in [0.25, 0.3) is 0 Å². The molecule has 1 atom stereocenters. The van der Waals surface area contributed by atoms with E-state index in [0.717, 1.165) is 31.9 Å². The van der Waals surface area contributed by atoms with Crippen LogP contribution in [0.15, 0.2) is 10.2 Å². The maximum atomic E-state index is 11.0. The molecule has 2 N–H and O–H groups in total. The fourth-order valence-electron chi connectivity index (χ4n) is 2.06. The molecule has 0 saturated carbocycles. The lowest BCUT2D eigenvalue weighted by Crippen LogP contribution is -2.52. The maximum Gasteiger partial charge on any atom is 0.304 e. The molecule has 4 nitrogen and oxygen atoms in total. The van der Waals surface area contributed by atoms with Crippen LogP contribution in [0.3, 0.4) is 0 Å². The van der Waals surface area contributed by atoms with E-state index in [2.05, 4.69) is 29.0 Å². The first-order valence-corrected chi connectivity index (χ1v) is 6.65. The number of nitrogens with zero attached hydrogens (tertiary/aromatic N) is 1. The van der Waals surface area contributed by atoms with E-state index < -0.39 is 0 Å². The number of H-pyrrole nitrogens is 1. The second-order valence-electron chi connectivity index (χ2n) is 4.71. The molecular formula is C11H19N3OS. The van der Waals surface area contributed by atoms with Crippen LogP contribution in [0.2, 0.25) is 0 Å². The van der Waals surface area contributed by atoms with Gasteiger partial charge in [-0.1, -0.05) is 25.2 Å². The number of aromatic amines is 1. The second kappa shape index (κ2) is 5.12. The van der Waals surface area contributed by atoms with E-state index in [1.54, 1.807) is 0 Å². The molecule has 0 spiro atoms. The van der Waals surface area contributed by atoms with Gasteiger partial charge < -0.3 is 10.3 Å². The number of nitrogens with one attached hydrogen (secondary N) is 2. The van der Waals surface area contributed by atoms with Crippen molar-refractivity contribution in [3.8, 4) is 0 Å². The number of rotatable bonds is 3. The number of piperazine rings is 1. The van der Waals surface area contributed by atoms with Crippen LogP contribution in [-0.2, 0) is 6.54 Å². The van der Waals surface area contributed by atoms with Crippen LogP contribution < -0.4 is 10.2 Å². The van der Waals surface area contributed by atoms with Gasteiger partial charge in [0.15, 0.2) is 0 Å². The minimum absolute atomic E-state index is 0.0468. The largest absolute Gasteiger partial charge is 0.315 e. The molecule has 1 aliphatic rings. The lowest BCUT2D eigenvalue weighted by molar-refractivity contribution is 0.167. The third kappa shape index (κ3) is 2.93. The molecule has 0 radical (unpaired) electrons. The minimum Gasteiger partial charge on any atom is -0.315 e. The smallest absolute Gasteiger partial charge is 0.304 e. The zero-order valence-electron chi connectivity index (χ0n) is 9.82. The quantitative estimate of drug-likeness (QED) is 0.825. The summed E-state index contributed by atoms with van der Waals surface area (Å²) in [6.07, 6.45) is 0. The zero-order valence-corrected chi connectivity index (χ0v) is 10.6. The van der Waals surface area contributed by atoms with Crippen LogP contribution in [0.5, 0.6) is 0 Å². The van der Waals surface area contributed by atoms with Crippen molar-refractivity contribution in [2.45, 2.75) is 26.4 Å². The molecule has 1 aliphatic heterocycles. The fourth-order valence-corrected chi connectivity index (χ4v) is 2.64. The van der Waals surface area contributed by atoms with Crippen molar-refractivity contribution in [2.75, 3.05) is 19.6 Å². The van der Waals surface area contributed by atoms with Gasteiger partial charge in [-0.3, -0.25) is 9.69 Å². The highest BCUT2D eigenvalue weighted by molar-refractivity contribution is 7.07. The lowest BCUT2D eigenvalue weighted by atomic mass is 10.0. The summed E-state index contributed by atoms with van der Waals surface area (Å²) in [5, 5.41) is 5.45. The van der Waals surface area contributed by atoms with E-state index in [0.29, 0.717) is 12.0 Å². The van der Waals surface area contributed by atoms with Gasteiger partial charge in [-0.2, -0.15) is 0 Å². The van der Waals surface area contributed by atoms with Crippen molar-refractivity contribution in [3.05, 3.63) is 20.7 Å². The molecule has 0 amide bonds. The summed E-state index contributed by atoms with van der Waals surface area (Å²) < 4.78 is 0. The van der Waals surface area contributed by atoms with Crippen molar-refractivity contribution < 1.29 is 0 Å². The normalized spacial score (nSPS) is 22.8. The van der Waals surface area contributed by atoms with E-state index in [4.69, 9.17) is 0 Å². The summed E-state index contributed by atoms with van der Waals surface area (Å²) >= 11 is 1.25. The van der Waals surface area contributed by atoms with Gasteiger partial charge in [-0.25, -0.2) is 0 Å². The maximum absolute atomic E-state index is 11.0. The monoisotopic (exact) mass is 241 g/mol. The van der Waals surface area contributed by atoms with Gasteiger partial charge in [0, 0.05) is 43.3 Å². The molecule has 1 aromatic rings. The van der Waals surface area contributed by atoms with Crippen molar-refractivity contribution >= 4 is 11.3 Å². The van der Waals surface area contributed by atoms with E-state index in [1.165, 1.54) is 11.3 Å². The highest BCUT2D eigenvalue weighted by atomic mass is 32.1. The zero-order chi connectivity index (χ0) is 11.5. The highest BCUT2D eigenvalue weighted by Gasteiger charge is 2.21. The molecule has 0 bridgehead atoms. The Bertz CT molecular complexity index is 385. The molecule has 1 saturated heterocycles. The Balaban J connectivity index is 1.92. The number of hydrogen-bond donors (Lipinski definition) is 2. The summed E-state index contributed by atoms with van der Waals surface area (Å²) in [5.41, 5.74) is 1.04. The number of thiazole rings is 1. The van der Waals surface area contributed by atoms with Gasteiger partial charge in [0.1, 0.15) is 0 Å². The molecule has 1 unspecified atom stereocenters. The molecule has 2 rings (SSSR count). The predicted octanol–water partition coefficient (Wildman–Crippen LogP) is 0.866. The number of hydrogen-bond acceptors (Lipinski definition) is 4. The SMILES string of the molecule is CC(C)C1CN(Cc2csc(=O)[nH]2)CCN1. The molecular weight excluding hydrogens is 222 g/mol. The highest BCUT2D eigenvalue weighted by Crippen LogP contribution is 2.10. The Morgan fingerprint density at radius 2 is 2.44 bits per heavy atom. The third-order valence-electron chi connectivity index (χ3n) is 3.06. The van der Waals surface area contributed by atoms with Crippen LogP contribution in [0.25, 0.3) is 0 Å². The van der Waals surface area contributed by atoms with E-state index in [9.17, 15) is 4.79 Å². The molecule has 90 valence electrons. The lowest BCUT2D eigenvalue weighted by Gasteiger charge is -2.35. The Hall–Kier alpha value is -0.650. The Morgan fingerprint density at radius 1 is 1.62 bits per heavy atom. The number of aromatic nitrogens is 1. The van der Waals surface area contributed by atoms with E-state index >= 15 is 0 Å². The molecule has 1 aromatic heterocycles. The van der Waals surface area contributed by atoms with Crippen LogP contribution in [0.4, 0.5) is 0 Å². The first-order valence-electron chi connectivity index (χ1n) is 5.77. The topological polar surface area (TPSA) is 48.1 Å². The van der Waals surface area contributed by atoms with Crippen LogP contribution in [0.1, 0.15) is 19.5 Å². The second-order valence-corrected chi connectivity index (χ2v) is 5.56. The third-order valence-corrected chi connectivity index (χ3v) is 3.78. The Labute approximate surface area is 99.7 Å². The van der Waals surface area contributed by atoms with Gasteiger partial charge in [-0.15, -0.1) is 0 Å². The standard InChI is InChI=1S/C11H19N3OS/c1-8(2)10-6-14(4-3-12-10)5-9-7-16-11(15)13-9/h7-8,10,12H,3-6H2,1-2H3,(H,13,15). The van der Waals surface area contributed by atoms with Crippen molar-refractivity contribution in [1.82, 2.24) is 15.2 Å². The van der Waals surface area contributed by atoms with Crippen LogP contribution >= 0.6 is 11.3 Å². The molecule has 0 aliphatic carbocycles. The van der Waals surface area contributed by atoms with Crippen molar-refractivity contribution in [1.29, 1.82) is 0 Å². The summed E-state index contributed by atoms with van der Waals surface area (Å²) in [5.74, 6) is 0.657. The summed E-state index contributed by atoms with van der Waals surface area (Å²) in [4.78, 5) is 16.4. The summed E-state index contributed by atoms with van der Waals surface area (Å²) in [7, 11) is 0. The predicted molar refractivity (Wildman–Crippen MR) is 66.8 cm³/mol. The molecule has 1 fully saturated rings. The molecule has 5 heteroatoms. The molecule has 16 heavy (non-hydrogen) atoms. The van der Waals surface area contributed by atoms with Crippen LogP contribution in [-0.4, -0.2) is 35.6 Å². The molecule has 2 heterocycles. The van der Waals surface area contributed by atoms with E-state index in [-0.39, 0.29) is 4.87 Å². The van der Waals surface area contributed by atoms with E-state index in [1.807, 2.05) is 5.38 Å². The Kier molecular flexibility index (Phi) is 3.78. The van der Waals surface area contributed by atoms with Gasteiger partial charge in [0.2, 0.25) is 0 Å². The fraction of sp³-hybridized carbons (Fsp3) is 0.727. The average Bonchev–Trinajstić information content (AvgIpc) is 2.64. The van der Waals surface area contributed by atoms with Crippen molar-refractivity contribution in [3.63, 3.8) is 0 Å². The first kappa shape index (κ1) is 11.8. The van der Waals surface area contributed by atoms with Gasteiger partial charge >= 0.3 is 4.87 Å². The van der Waals surface area contributed by atoms with Crippen molar-refractivity contribution in [2.24, 2.45) is 5.92 Å². The average molecular weight is 241 g/mol. The summed E-state index contributed by atoms with van der Waals surface area (Å²) in [6.45, 7) is 8.51. The Morgan fingerprint density at radius 3 is 3.06 bits per heavy atom. The van der Waals surface area contributed by atoms with Gasteiger partial charge in [-0.05, 0) is 5.92 Å². The minimum atomic E-state index is 0.0468. The van der Waals surface area contributed by atoms with Gasteiger partial charge in [0.05, 0.1) is 0 Å². The molecule has 0 aromatic carbocycles.